The molecule has 0 atom stereocenters. The maximum absolute atomic E-state index is 7.02. The molecule has 0 bridgehead atoms. The molecule has 0 aliphatic carbocycles. The highest BCUT2D eigenvalue weighted by molar-refractivity contribution is 6.22. The van der Waals surface area contributed by atoms with Crippen molar-refractivity contribution in [1.82, 2.24) is 4.57 Å². The van der Waals surface area contributed by atoms with E-state index in [1.54, 1.807) is 0 Å². The van der Waals surface area contributed by atoms with E-state index in [4.69, 9.17) is 4.42 Å². The van der Waals surface area contributed by atoms with Gasteiger partial charge in [0.1, 0.15) is 11.2 Å². The monoisotopic (exact) mass is 878 g/mol. The number of anilines is 3. The van der Waals surface area contributed by atoms with E-state index in [0.717, 1.165) is 72.4 Å². The van der Waals surface area contributed by atoms with E-state index < -0.39 is 0 Å². The zero-order valence-electron chi connectivity index (χ0n) is 37.6. The molecule has 0 spiro atoms. The van der Waals surface area contributed by atoms with Crippen molar-refractivity contribution in [3.8, 4) is 39.1 Å². The number of hydrogen-bond acceptors (Lipinski definition) is 2. The van der Waals surface area contributed by atoms with Crippen LogP contribution in [0.3, 0.4) is 0 Å². The standard InChI is InChI=1S/C66H42N2O/c1-4-21-50-45(15-1)18-11-26-51(50)48-35-33-43(34-36-48)44-37-39-49(40-38-44)67(60-30-14-31-61-64(60)56-24-7-9-28-59(56)68(61)58-29-13-20-47-17-3-6-23-53(47)58)62-42-41-55(54-27-12-19-46-16-2-5-22-52(46)54)66-65(62)57-25-8-10-32-63(57)69-66/h1-42H. The Morgan fingerprint density at radius 3 is 1.55 bits per heavy atom. The third-order valence-corrected chi connectivity index (χ3v) is 14.2. The molecule has 0 amide bonds. The van der Waals surface area contributed by atoms with Crippen LogP contribution in [0, 0.1) is 0 Å². The summed E-state index contributed by atoms with van der Waals surface area (Å²) < 4.78 is 9.47. The predicted molar refractivity (Wildman–Crippen MR) is 292 cm³/mol. The molecule has 2 aromatic heterocycles. The van der Waals surface area contributed by atoms with Gasteiger partial charge in [-0.05, 0) is 109 Å². The largest absolute Gasteiger partial charge is 0.455 e. The molecular formula is C66H42N2O. The Kier molecular flexibility index (Phi) is 8.90. The smallest absolute Gasteiger partial charge is 0.145 e. The van der Waals surface area contributed by atoms with Gasteiger partial charge in [0.05, 0.1) is 33.5 Å². The molecule has 0 radical (unpaired) electrons. The second kappa shape index (κ2) is 15.7. The van der Waals surface area contributed by atoms with E-state index in [1.807, 2.05) is 0 Å². The Morgan fingerprint density at radius 1 is 0.304 bits per heavy atom. The summed E-state index contributed by atoms with van der Waals surface area (Å²) in [4.78, 5) is 2.47. The minimum Gasteiger partial charge on any atom is -0.455 e. The van der Waals surface area contributed by atoms with Gasteiger partial charge in [-0.3, -0.25) is 0 Å². The molecule has 322 valence electrons. The Balaban J connectivity index is 1.00. The molecule has 3 heteroatoms. The average Bonchev–Trinajstić information content (AvgIpc) is 3.98. The lowest BCUT2D eigenvalue weighted by Gasteiger charge is -2.28. The molecule has 0 saturated heterocycles. The van der Waals surface area contributed by atoms with E-state index in [2.05, 4.69) is 264 Å². The molecule has 0 fully saturated rings. The second-order valence-corrected chi connectivity index (χ2v) is 18.0. The van der Waals surface area contributed by atoms with Crippen LogP contribution in [0.4, 0.5) is 17.1 Å². The third kappa shape index (κ3) is 6.21. The molecule has 14 aromatic rings. The number of para-hydroxylation sites is 2. The molecule has 0 N–H and O–H groups in total. The van der Waals surface area contributed by atoms with E-state index in [0.29, 0.717) is 0 Å². The minimum atomic E-state index is 0.856. The lowest BCUT2D eigenvalue weighted by Crippen LogP contribution is -2.11. The predicted octanol–water partition coefficient (Wildman–Crippen LogP) is 18.6. The summed E-state index contributed by atoms with van der Waals surface area (Å²) in [5, 5.41) is 11.8. The summed E-state index contributed by atoms with van der Waals surface area (Å²) in [6.07, 6.45) is 0. The number of fused-ring (bicyclic) bond motifs is 9. The third-order valence-electron chi connectivity index (χ3n) is 14.2. The molecule has 69 heavy (non-hydrogen) atoms. The number of nitrogens with zero attached hydrogens (tertiary/aromatic N) is 2. The Bertz CT molecular complexity index is 4280. The van der Waals surface area contributed by atoms with Crippen molar-refractivity contribution in [3.05, 3.63) is 255 Å². The Labute approximate surface area is 399 Å². The molecule has 12 aromatic carbocycles. The van der Waals surface area contributed by atoms with Gasteiger partial charge in [0.15, 0.2) is 0 Å². The fraction of sp³-hybridized carbons (Fsp3) is 0. The Hall–Kier alpha value is -9.18. The summed E-state index contributed by atoms with van der Waals surface area (Å²) >= 11 is 0. The van der Waals surface area contributed by atoms with Crippen molar-refractivity contribution in [1.29, 1.82) is 0 Å². The number of benzene rings is 12. The molecule has 3 nitrogen and oxygen atoms in total. The van der Waals surface area contributed by atoms with Crippen molar-refractivity contribution in [2.75, 3.05) is 4.90 Å². The first-order valence-corrected chi connectivity index (χ1v) is 23.7. The van der Waals surface area contributed by atoms with Crippen LogP contribution in [0.25, 0.3) is 115 Å². The summed E-state index contributed by atoms with van der Waals surface area (Å²) in [7, 11) is 0. The van der Waals surface area contributed by atoms with Gasteiger partial charge in [-0.1, -0.05) is 200 Å². The van der Waals surface area contributed by atoms with Crippen molar-refractivity contribution in [2.45, 2.75) is 0 Å². The van der Waals surface area contributed by atoms with Crippen LogP contribution in [0.2, 0.25) is 0 Å². The molecule has 0 aliphatic rings. The maximum Gasteiger partial charge on any atom is 0.145 e. The Morgan fingerprint density at radius 2 is 0.812 bits per heavy atom. The van der Waals surface area contributed by atoms with Gasteiger partial charge in [0.25, 0.3) is 0 Å². The normalized spacial score (nSPS) is 11.8. The van der Waals surface area contributed by atoms with Gasteiger partial charge in [-0.25, -0.2) is 0 Å². The lowest BCUT2D eigenvalue weighted by molar-refractivity contribution is 0.670. The van der Waals surface area contributed by atoms with E-state index in [9.17, 15) is 0 Å². The van der Waals surface area contributed by atoms with Crippen LogP contribution in [0.1, 0.15) is 0 Å². The van der Waals surface area contributed by atoms with Crippen LogP contribution < -0.4 is 4.90 Å². The zero-order chi connectivity index (χ0) is 45.4. The first-order chi connectivity index (χ1) is 34.2. The SMILES string of the molecule is c1ccc2c(-c3ccc(-c4ccc(N(c5ccc(-c6cccc7ccccc67)c6oc7ccccc7c56)c5cccc6c5c5ccccc5n6-c5cccc6ccccc56)cc4)cc3)cccc2c1. The quantitative estimate of drug-likeness (QED) is 0.159. The molecule has 0 aliphatic heterocycles. The first kappa shape index (κ1) is 39.0. The summed E-state index contributed by atoms with van der Waals surface area (Å²) in [5.41, 5.74) is 15.3. The summed E-state index contributed by atoms with van der Waals surface area (Å²) in [6, 6.07) is 92.4. The first-order valence-electron chi connectivity index (χ1n) is 23.7. The molecular weight excluding hydrogens is 837 g/mol. The van der Waals surface area contributed by atoms with Crippen molar-refractivity contribution in [3.63, 3.8) is 0 Å². The van der Waals surface area contributed by atoms with Crippen LogP contribution in [-0.4, -0.2) is 4.57 Å². The van der Waals surface area contributed by atoms with E-state index in [-0.39, 0.29) is 0 Å². The molecule has 0 saturated carbocycles. The fourth-order valence-corrected chi connectivity index (χ4v) is 11.0. The number of furan rings is 1. The molecule has 2 heterocycles. The lowest BCUT2D eigenvalue weighted by atomic mass is 9.95. The van der Waals surface area contributed by atoms with Gasteiger partial charge >= 0.3 is 0 Å². The topological polar surface area (TPSA) is 21.3 Å². The van der Waals surface area contributed by atoms with E-state index >= 15 is 0 Å². The van der Waals surface area contributed by atoms with Crippen molar-refractivity contribution >= 4 is 93.1 Å². The van der Waals surface area contributed by atoms with Crippen LogP contribution in [-0.2, 0) is 0 Å². The van der Waals surface area contributed by atoms with Gasteiger partial charge < -0.3 is 13.9 Å². The van der Waals surface area contributed by atoms with Gasteiger partial charge in [-0.2, -0.15) is 0 Å². The highest BCUT2D eigenvalue weighted by Gasteiger charge is 2.26. The summed E-state index contributed by atoms with van der Waals surface area (Å²) in [5.74, 6) is 0. The number of aromatic nitrogens is 1. The molecule has 14 rings (SSSR count). The zero-order valence-corrected chi connectivity index (χ0v) is 37.6. The highest BCUT2D eigenvalue weighted by Crippen LogP contribution is 2.50. The van der Waals surface area contributed by atoms with Gasteiger partial charge in [0, 0.05) is 32.8 Å². The summed E-state index contributed by atoms with van der Waals surface area (Å²) in [6.45, 7) is 0. The average molecular weight is 879 g/mol. The highest BCUT2D eigenvalue weighted by atomic mass is 16.3. The van der Waals surface area contributed by atoms with Gasteiger partial charge in [-0.15, -0.1) is 0 Å². The van der Waals surface area contributed by atoms with Crippen molar-refractivity contribution in [2.24, 2.45) is 0 Å². The van der Waals surface area contributed by atoms with Crippen molar-refractivity contribution < 1.29 is 4.42 Å². The maximum atomic E-state index is 7.02. The minimum absolute atomic E-state index is 0.856. The number of rotatable bonds is 7. The number of hydrogen-bond donors (Lipinski definition) is 0. The van der Waals surface area contributed by atoms with E-state index in [1.165, 1.54) is 59.8 Å². The fourth-order valence-electron chi connectivity index (χ4n) is 11.0. The van der Waals surface area contributed by atoms with Crippen LogP contribution in [0.15, 0.2) is 259 Å². The second-order valence-electron chi connectivity index (χ2n) is 18.0. The van der Waals surface area contributed by atoms with Gasteiger partial charge in [0.2, 0.25) is 0 Å². The van der Waals surface area contributed by atoms with Crippen LogP contribution >= 0.6 is 0 Å². The molecule has 0 unspecified atom stereocenters. The van der Waals surface area contributed by atoms with Crippen LogP contribution in [0.5, 0.6) is 0 Å².